The molecule has 2 rings (SSSR count). The molecule has 0 radical (unpaired) electrons. The Morgan fingerprint density at radius 1 is 1.50 bits per heavy atom. The van der Waals surface area contributed by atoms with Crippen molar-refractivity contribution in [2.75, 3.05) is 23.7 Å². The van der Waals surface area contributed by atoms with E-state index in [0.29, 0.717) is 6.54 Å². The summed E-state index contributed by atoms with van der Waals surface area (Å²) >= 11 is 3.53. The molecular weight excluding hydrogens is 268 g/mol. The third kappa shape index (κ3) is 2.33. The molecule has 3 N–H and O–H groups in total. The van der Waals surface area contributed by atoms with Crippen molar-refractivity contribution in [3.63, 3.8) is 0 Å². The number of β-amino-alcohol motifs (C(OH)–C–C–N with tert-alkyl or cyclic N) is 1. The van der Waals surface area contributed by atoms with Gasteiger partial charge < -0.3 is 15.7 Å². The highest BCUT2D eigenvalue weighted by Gasteiger charge is 2.20. The summed E-state index contributed by atoms with van der Waals surface area (Å²) in [5.41, 5.74) is 8.86. The van der Waals surface area contributed by atoms with Gasteiger partial charge in [-0.3, -0.25) is 0 Å². The van der Waals surface area contributed by atoms with E-state index in [4.69, 9.17) is 5.73 Å². The maximum absolute atomic E-state index is 9.67. The molecule has 1 aliphatic rings. The van der Waals surface area contributed by atoms with Gasteiger partial charge in [-0.25, -0.2) is 0 Å². The Morgan fingerprint density at radius 2 is 2.25 bits per heavy atom. The number of nitrogens with zero attached hydrogens (tertiary/aromatic N) is 1. The van der Waals surface area contributed by atoms with Crippen LogP contribution in [0.3, 0.4) is 0 Å². The van der Waals surface area contributed by atoms with Crippen molar-refractivity contribution in [2.24, 2.45) is 0 Å². The molecular formula is C12H17BrN2O. The van der Waals surface area contributed by atoms with Crippen LogP contribution in [-0.2, 0) is 0 Å². The first-order valence-corrected chi connectivity index (χ1v) is 6.36. The summed E-state index contributed by atoms with van der Waals surface area (Å²) in [5, 5.41) is 9.67. The number of anilines is 2. The largest absolute Gasteiger partial charge is 0.398 e. The SMILES string of the molecule is Cc1cc(N2CCCC(O)C2)c(Br)cc1N. The van der Waals surface area contributed by atoms with E-state index < -0.39 is 0 Å². The van der Waals surface area contributed by atoms with Crippen LogP contribution in [0.4, 0.5) is 11.4 Å². The molecule has 0 aromatic heterocycles. The van der Waals surface area contributed by atoms with Crippen LogP contribution in [0.1, 0.15) is 18.4 Å². The first kappa shape index (κ1) is 11.7. The van der Waals surface area contributed by atoms with Gasteiger partial charge in [0, 0.05) is 23.2 Å². The zero-order valence-electron chi connectivity index (χ0n) is 9.41. The topological polar surface area (TPSA) is 49.5 Å². The molecule has 1 heterocycles. The van der Waals surface area contributed by atoms with Gasteiger partial charge in [0.15, 0.2) is 0 Å². The third-order valence-corrected chi connectivity index (χ3v) is 3.71. The molecule has 0 spiro atoms. The smallest absolute Gasteiger partial charge is 0.0715 e. The number of aryl methyl sites for hydroxylation is 1. The number of aliphatic hydroxyl groups is 1. The summed E-state index contributed by atoms with van der Waals surface area (Å²) in [6, 6.07) is 4.02. The summed E-state index contributed by atoms with van der Waals surface area (Å²) in [6.07, 6.45) is 1.73. The van der Waals surface area contributed by atoms with Crippen LogP contribution in [0.5, 0.6) is 0 Å². The molecule has 88 valence electrons. The Morgan fingerprint density at radius 3 is 2.94 bits per heavy atom. The van der Waals surface area contributed by atoms with Gasteiger partial charge in [-0.05, 0) is 53.4 Å². The maximum atomic E-state index is 9.67. The predicted molar refractivity (Wildman–Crippen MR) is 70.7 cm³/mol. The van der Waals surface area contributed by atoms with Crippen molar-refractivity contribution in [1.82, 2.24) is 0 Å². The molecule has 1 aliphatic heterocycles. The van der Waals surface area contributed by atoms with Gasteiger partial charge in [0.05, 0.1) is 11.8 Å². The van der Waals surface area contributed by atoms with Crippen LogP contribution in [0.25, 0.3) is 0 Å². The van der Waals surface area contributed by atoms with Crippen LogP contribution < -0.4 is 10.6 Å². The highest BCUT2D eigenvalue weighted by Crippen LogP contribution is 2.32. The van der Waals surface area contributed by atoms with E-state index in [1.54, 1.807) is 0 Å². The molecule has 1 fully saturated rings. The Labute approximate surface area is 104 Å². The van der Waals surface area contributed by atoms with Gasteiger partial charge >= 0.3 is 0 Å². The zero-order chi connectivity index (χ0) is 11.7. The molecule has 0 aliphatic carbocycles. The van der Waals surface area contributed by atoms with Gasteiger partial charge in [-0.1, -0.05) is 0 Å². The van der Waals surface area contributed by atoms with E-state index in [9.17, 15) is 5.11 Å². The van der Waals surface area contributed by atoms with E-state index in [-0.39, 0.29) is 6.10 Å². The molecule has 0 saturated carbocycles. The number of hydrogen-bond donors (Lipinski definition) is 2. The molecule has 16 heavy (non-hydrogen) atoms. The average molecular weight is 285 g/mol. The van der Waals surface area contributed by atoms with Crippen molar-refractivity contribution < 1.29 is 5.11 Å². The number of benzene rings is 1. The van der Waals surface area contributed by atoms with Crippen molar-refractivity contribution in [3.05, 3.63) is 22.2 Å². The maximum Gasteiger partial charge on any atom is 0.0715 e. The second-order valence-electron chi connectivity index (χ2n) is 4.40. The highest BCUT2D eigenvalue weighted by molar-refractivity contribution is 9.10. The van der Waals surface area contributed by atoms with Crippen LogP contribution in [-0.4, -0.2) is 24.3 Å². The van der Waals surface area contributed by atoms with Crippen molar-refractivity contribution in [3.8, 4) is 0 Å². The fourth-order valence-corrected chi connectivity index (χ4v) is 2.71. The van der Waals surface area contributed by atoms with E-state index in [0.717, 1.165) is 40.8 Å². The summed E-state index contributed by atoms with van der Waals surface area (Å²) in [6.45, 7) is 3.71. The summed E-state index contributed by atoms with van der Waals surface area (Å²) in [7, 11) is 0. The summed E-state index contributed by atoms with van der Waals surface area (Å²) in [5.74, 6) is 0. The lowest BCUT2D eigenvalue weighted by Crippen LogP contribution is -2.38. The van der Waals surface area contributed by atoms with E-state index in [2.05, 4.69) is 26.9 Å². The number of aliphatic hydroxyl groups excluding tert-OH is 1. The van der Waals surface area contributed by atoms with Crippen molar-refractivity contribution >= 4 is 27.3 Å². The Balaban J connectivity index is 2.29. The number of halogens is 1. The van der Waals surface area contributed by atoms with E-state index in [1.807, 2.05) is 13.0 Å². The molecule has 4 heteroatoms. The van der Waals surface area contributed by atoms with Gasteiger partial charge in [0.1, 0.15) is 0 Å². The van der Waals surface area contributed by atoms with E-state index >= 15 is 0 Å². The fraction of sp³-hybridized carbons (Fsp3) is 0.500. The lowest BCUT2D eigenvalue weighted by atomic mass is 10.1. The molecule has 1 atom stereocenters. The number of hydrogen-bond acceptors (Lipinski definition) is 3. The minimum absolute atomic E-state index is 0.210. The molecule has 1 aromatic rings. The molecule has 1 aromatic carbocycles. The summed E-state index contributed by atoms with van der Waals surface area (Å²) < 4.78 is 1.00. The lowest BCUT2D eigenvalue weighted by molar-refractivity contribution is 0.154. The van der Waals surface area contributed by atoms with Gasteiger partial charge in [-0.2, -0.15) is 0 Å². The second kappa shape index (κ2) is 4.63. The number of rotatable bonds is 1. The van der Waals surface area contributed by atoms with Crippen molar-refractivity contribution in [1.29, 1.82) is 0 Å². The average Bonchev–Trinajstić information content (AvgIpc) is 2.23. The molecule has 1 unspecified atom stereocenters. The quantitative estimate of drug-likeness (QED) is 0.778. The second-order valence-corrected chi connectivity index (χ2v) is 5.26. The lowest BCUT2D eigenvalue weighted by Gasteiger charge is -2.33. The summed E-state index contributed by atoms with van der Waals surface area (Å²) in [4.78, 5) is 2.21. The predicted octanol–water partition coefficient (Wildman–Crippen LogP) is 2.30. The minimum atomic E-state index is -0.210. The Kier molecular flexibility index (Phi) is 3.40. The number of nitrogen functional groups attached to an aromatic ring is 1. The molecule has 3 nitrogen and oxygen atoms in total. The Bertz CT molecular complexity index is 395. The third-order valence-electron chi connectivity index (χ3n) is 3.07. The number of piperidine rings is 1. The van der Waals surface area contributed by atoms with Crippen LogP contribution in [0.15, 0.2) is 16.6 Å². The van der Waals surface area contributed by atoms with Crippen LogP contribution in [0.2, 0.25) is 0 Å². The normalized spacial score (nSPS) is 21.2. The van der Waals surface area contributed by atoms with Gasteiger partial charge in [0.25, 0.3) is 0 Å². The molecule has 0 bridgehead atoms. The van der Waals surface area contributed by atoms with Crippen LogP contribution >= 0.6 is 15.9 Å². The monoisotopic (exact) mass is 284 g/mol. The van der Waals surface area contributed by atoms with Gasteiger partial charge in [-0.15, -0.1) is 0 Å². The molecule has 1 saturated heterocycles. The van der Waals surface area contributed by atoms with Gasteiger partial charge in [0.2, 0.25) is 0 Å². The first-order valence-electron chi connectivity index (χ1n) is 5.56. The highest BCUT2D eigenvalue weighted by atomic mass is 79.9. The fourth-order valence-electron chi connectivity index (χ4n) is 2.10. The van der Waals surface area contributed by atoms with E-state index in [1.165, 1.54) is 0 Å². The number of nitrogens with two attached hydrogens (primary N) is 1. The Hall–Kier alpha value is -0.740. The molecule has 0 amide bonds. The first-order chi connectivity index (χ1) is 7.58. The zero-order valence-corrected chi connectivity index (χ0v) is 11.0. The van der Waals surface area contributed by atoms with Crippen molar-refractivity contribution in [2.45, 2.75) is 25.9 Å². The standard InChI is InChI=1S/C12H17BrN2O/c1-8-5-12(10(13)6-11(8)14)15-4-2-3-9(16)7-15/h5-6,9,16H,2-4,7,14H2,1H3. The minimum Gasteiger partial charge on any atom is -0.398 e. The van der Waals surface area contributed by atoms with Crippen LogP contribution in [0, 0.1) is 6.92 Å².